The second kappa shape index (κ2) is 9.85. The number of carbonyl (C=O) groups is 1. The maximum atomic E-state index is 12.9. The molecule has 5 nitrogen and oxygen atoms in total. The van der Waals surface area contributed by atoms with Crippen LogP contribution in [0.25, 0.3) is 0 Å². The molecule has 0 aliphatic heterocycles. The number of anilines is 1. The van der Waals surface area contributed by atoms with Crippen molar-refractivity contribution in [3.05, 3.63) is 77.8 Å². The van der Waals surface area contributed by atoms with Crippen LogP contribution in [0.4, 0.5) is 5.69 Å². The van der Waals surface area contributed by atoms with E-state index in [4.69, 9.17) is 25.8 Å². The fraction of sp³-hybridized carbons (Fsp3) is 0.174. The number of halogens is 1. The highest BCUT2D eigenvalue weighted by molar-refractivity contribution is 6.31. The molecule has 3 rings (SSSR count). The first-order valence-electron chi connectivity index (χ1n) is 9.23. The van der Waals surface area contributed by atoms with Crippen LogP contribution >= 0.6 is 11.6 Å². The molecule has 0 saturated carbocycles. The van der Waals surface area contributed by atoms with Crippen molar-refractivity contribution in [3.63, 3.8) is 0 Å². The number of hydrogen-bond donors (Lipinski definition) is 1. The standard InChI is InChI=1S/C23H22ClNO4/c1-3-19(29-22-12-8-7-11-21(22)27-2)23(26)25-18-15-16(24)13-14-20(18)28-17-9-5-4-6-10-17/h4-15,19H,3H2,1-2H3,(H,25,26)/t19-/m1/s1. The topological polar surface area (TPSA) is 56.8 Å². The van der Waals surface area contributed by atoms with E-state index < -0.39 is 6.10 Å². The minimum absolute atomic E-state index is 0.307. The van der Waals surface area contributed by atoms with Crippen molar-refractivity contribution >= 4 is 23.2 Å². The number of carbonyl (C=O) groups excluding carboxylic acids is 1. The third-order valence-corrected chi connectivity index (χ3v) is 4.41. The smallest absolute Gasteiger partial charge is 0.265 e. The fourth-order valence-corrected chi connectivity index (χ4v) is 2.88. The minimum atomic E-state index is -0.713. The molecule has 0 aliphatic rings. The molecule has 0 fully saturated rings. The molecule has 3 aromatic carbocycles. The molecule has 0 heterocycles. The minimum Gasteiger partial charge on any atom is -0.493 e. The lowest BCUT2D eigenvalue weighted by atomic mass is 10.2. The predicted molar refractivity (Wildman–Crippen MR) is 114 cm³/mol. The van der Waals surface area contributed by atoms with E-state index in [1.165, 1.54) is 0 Å². The van der Waals surface area contributed by atoms with Gasteiger partial charge < -0.3 is 19.5 Å². The van der Waals surface area contributed by atoms with Crippen molar-refractivity contribution in [1.29, 1.82) is 0 Å². The number of hydrogen-bond acceptors (Lipinski definition) is 4. The Morgan fingerprint density at radius 1 is 0.966 bits per heavy atom. The van der Waals surface area contributed by atoms with Crippen LogP contribution in [-0.4, -0.2) is 19.1 Å². The SMILES string of the molecule is CC[C@@H](Oc1ccccc1OC)C(=O)Nc1cc(Cl)ccc1Oc1ccccc1. The lowest BCUT2D eigenvalue weighted by molar-refractivity contribution is -0.122. The Kier molecular flexibility index (Phi) is 6.98. The van der Waals surface area contributed by atoms with Crippen LogP contribution in [0.15, 0.2) is 72.8 Å². The lowest BCUT2D eigenvalue weighted by Gasteiger charge is -2.20. The summed E-state index contributed by atoms with van der Waals surface area (Å²) in [6, 6.07) is 21.6. The van der Waals surface area contributed by atoms with Crippen molar-refractivity contribution < 1.29 is 19.0 Å². The van der Waals surface area contributed by atoms with E-state index in [-0.39, 0.29) is 5.91 Å². The van der Waals surface area contributed by atoms with E-state index in [9.17, 15) is 4.79 Å². The fourth-order valence-electron chi connectivity index (χ4n) is 2.71. The van der Waals surface area contributed by atoms with Crippen molar-refractivity contribution in [2.75, 3.05) is 12.4 Å². The number of ether oxygens (including phenoxy) is 3. The van der Waals surface area contributed by atoms with Gasteiger partial charge in [0.1, 0.15) is 5.75 Å². The molecule has 150 valence electrons. The Labute approximate surface area is 175 Å². The lowest BCUT2D eigenvalue weighted by Crippen LogP contribution is -2.32. The molecule has 1 atom stereocenters. The Balaban J connectivity index is 1.78. The van der Waals surface area contributed by atoms with Crippen LogP contribution in [0.3, 0.4) is 0 Å². The molecule has 0 spiro atoms. The average molecular weight is 412 g/mol. The predicted octanol–water partition coefficient (Wildman–Crippen LogP) is 5.94. The van der Waals surface area contributed by atoms with Crippen molar-refractivity contribution in [2.24, 2.45) is 0 Å². The van der Waals surface area contributed by atoms with Crippen LogP contribution in [0.1, 0.15) is 13.3 Å². The second-order valence-electron chi connectivity index (χ2n) is 6.21. The third-order valence-electron chi connectivity index (χ3n) is 4.17. The molecule has 0 radical (unpaired) electrons. The van der Waals surface area contributed by atoms with Gasteiger partial charge in [0.15, 0.2) is 23.4 Å². The van der Waals surface area contributed by atoms with Gasteiger partial charge in [-0.2, -0.15) is 0 Å². The molecular weight excluding hydrogens is 390 g/mol. The number of amides is 1. The van der Waals surface area contributed by atoms with Crippen LogP contribution in [-0.2, 0) is 4.79 Å². The molecule has 0 bridgehead atoms. The Morgan fingerprint density at radius 2 is 1.66 bits per heavy atom. The van der Waals surface area contributed by atoms with E-state index in [1.54, 1.807) is 37.4 Å². The summed E-state index contributed by atoms with van der Waals surface area (Å²) >= 11 is 6.13. The number of para-hydroxylation sites is 3. The molecular formula is C23H22ClNO4. The van der Waals surface area contributed by atoms with E-state index in [2.05, 4.69) is 5.32 Å². The Hall–Kier alpha value is -3.18. The van der Waals surface area contributed by atoms with Gasteiger partial charge in [-0.15, -0.1) is 0 Å². The Morgan fingerprint density at radius 3 is 2.34 bits per heavy atom. The summed E-state index contributed by atoms with van der Waals surface area (Å²) in [7, 11) is 1.56. The zero-order valence-electron chi connectivity index (χ0n) is 16.2. The summed E-state index contributed by atoms with van der Waals surface area (Å²) < 4.78 is 17.1. The summed E-state index contributed by atoms with van der Waals surface area (Å²) in [5.41, 5.74) is 0.466. The number of methoxy groups -OCH3 is 1. The van der Waals surface area contributed by atoms with Gasteiger partial charge in [0.2, 0.25) is 0 Å². The maximum absolute atomic E-state index is 12.9. The van der Waals surface area contributed by atoms with E-state index in [1.807, 2.05) is 49.4 Å². The quantitative estimate of drug-likeness (QED) is 0.498. The van der Waals surface area contributed by atoms with E-state index in [0.29, 0.717) is 40.1 Å². The number of rotatable bonds is 8. The highest BCUT2D eigenvalue weighted by atomic mass is 35.5. The van der Waals surface area contributed by atoms with Gasteiger partial charge in [-0.1, -0.05) is 48.9 Å². The second-order valence-corrected chi connectivity index (χ2v) is 6.65. The van der Waals surface area contributed by atoms with Gasteiger partial charge in [0.25, 0.3) is 5.91 Å². The zero-order chi connectivity index (χ0) is 20.6. The van der Waals surface area contributed by atoms with E-state index in [0.717, 1.165) is 0 Å². The first-order valence-corrected chi connectivity index (χ1v) is 9.61. The van der Waals surface area contributed by atoms with E-state index >= 15 is 0 Å². The monoisotopic (exact) mass is 411 g/mol. The van der Waals surface area contributed by atoms with Gasteiger partial charge in [-0.05, 0) is 48.9 Å². The number of benzene rings is 3. The zero-order valence-corrected chi connectivity index (χ0v) is 17.0. The largest absolute Gasteiger partial charge is 0.493 e. The number of nitrogens with one attached hydrogen (secondary N) is 1. The van der Waals surface area contributed by atoms with Gasteiger partial charge >= 0.3 is 0 Å². The summed E-state index contributed by atoms with van der Waals surface area (Å²) in [5, 5.41) is 3.35. The van der Waals surface area contributed by atoms with Crippen LogP contribution in [0.2, 0.25) is 5.02 Å². The van der Waals surface area contributed by atoms with Crippen molar-refractivity contribution in [2.45, 2.75) is 19.4 Å². The molecule has 0 aromatic heterocycles. The molecule has 0 aliphatic carbocycles. The molecule has 3 aromatic rings. The summed E-state index contributed by atoms with van der Waals surface area (Å²) in [6.45, 7) is 1.87. The van der Waals surface area contributed by atoms with Gasteiger partial charge in [-0.25, -0.2) is 0 Å². The first-order chi connectivity index (χ1) is 14.1. The molecule has 1 N–H and O–H groups in total. The van der Waals surface area contributed by atoms with Gasteiger partial charge in [-0.3, -0.25) is 4.79 Å². The molecule has 0 unspecified atom stereocenters. The van der Waals surface area contributed by atoms with Gasteiger partial charge in [0.05, 0.1) is 12.8 Å². The van der Waals surface area contributed by atoms with Crippen molar-refractivity contribution in [1.82, 2.24) is 0 Å². The van der Waals surface area contributed by atoms with Crippen LogP contribution < -0.4 is 19.5 Å². The van der Waals surface area contributed by atoms with Crippen molar-refractivity contribution in [3.8, 4) is 23.0 Å². The maximum Gasteiger partial charge on any atom is 0.265 e. The summed E-state index contributed by atoms with van der Waals surface area (Å²) in [6.07, 6.45) is -0.242. The highest BCUT2D eigenvalue weighted by Gasteiger charge is 2.21. The normalized spacial score (nSPS) is 11.4. The molecule has 0 saturated heterocycles. The Bertz CT molecular complexity index is 962. The molecule has 29 heavy (non-hydrogen) atoms. The third kappa shape index (κ3) is 5.42. The summed E-state index contributed by atoms with van der Waals surface area (Å²) in [5.74, 6) is 1.90. The van der Waals surface area contributed by atoms with Crippen LogP contribution in [0.5, 0.6) is 23.0 Å². The average Bonchev–Trinajstić information content (AvgIpc) is 2.74. The van der Waals surface area contributed by atoms with Gasteiger partial charge in [0, 0.05) is 5.02 Å². The first kappa shape index (κ1) is 20.6. The van der Waals surface area contributed by atoms with Crippen LogP contribution in [0, 0.1) is 0 Å². The summed E-state index contributed by atoms with van der Waals surface area (Å²) in [4.78, 5) is 12.9. The molecule has 6 heteroatoms. The highest BCUT2D eigenvalue weighted by Crippen LogP contribution is 2.33. The molecule has 1 amide bonds.